The first-order chi connectivity index (χ1) is 8.78. The third-order valence-electron chi connectivity index (χ3n) is 2.30. The Labute approximate surface area is 107 Å². The summed E-state index contributed by atoms with van der Waals surface area (Å²) in [5.41, 5.74) is -3.09. The molecule has 1 aromatic carbocycles. The Morgan fingerprint density at radius 1 is 1.00 bits per heavy atom. The molecule has 0 bridgehead atoms. The zero-order chi connectivity index (χ0) is 14.6. The van der Waals surface area contributed by atoms with Gasteiger partial charge in [0.2, 0.25) is 5.78 Å². The van der Waals surface area contributed by atoms with Crippen molar-refractivity contribution >= 4 is 23.8 Å². The van der Waals surface area contributed by atoms with Gasteiger partial charge in [0.1, 0.15) is 5.75 Å². The molecule has 4 N–H and O–H groups in total. The van der Waals surface area contributed by atoms with E-state index < -0.39 is 23.3 Å². The van der Waals surface area contributed by atoms with Crippen LogP contribution in [0.25, 0.3) is 6.08 Å². The molecule has 0 aliphatic rings. The van der Waals surface area contributed by atoms with Crippen molar-refractivity contribution in [3.05, 3.63) is 35.9 Å². The highest BCUT2D eigenvalue weighted by molar-refractivity contribution is 6.26. The van der Waals surface area contributed by atoms with Crippen molar-refractivity contribution in [3.8, 4) is 5.75 Å². The van der Waals surface area contributed by atoms with Crippen LogP contribution < -0.4 is 0 Å². The fourth-order valence-corrected chi connectivity index (χ4v) is 1.18. The third kappa shape index (κ3) is 2.96. The summed E-state index contributed by atoms with van der Waals surface area (Å²) in [5.74, 6) is -5.82. The van der Waals surface area contributed by atoms with Gasteiger partial charge >= 0.3 is 17.5 Å². The second kappa shape index (κ2) is 5.32. The fourth-order valence-electron chi connectivity index (χ4n) is 1.18. The molecule has 0 atom stereocenters. The number of carbonyl (C=O) groups excluding carboxylic acids is 1. The van der Waals surface area contributed by atoms with Gasteiger partial charge in [0.15, 0.2) is 0 Å². The molecule has 0 unspecified atom stereocenters. The van der Waals surface area contributed by atoms with Crippen molar-refractivity contribution in [3.63, 3.8) is 0 Å². The number of hydrogen-bond acceptors (Lipinski definition) is 5. The lowest BCUT2D eigenvalue weighted by molar-refractivity contribution is -0.177. The summed E-state index contributed by atoms with van der Waals surface area (Å²) in [5, 5.41) is 35.5. The van der Waals surface area contributed by atoms with Crippen LogP contribution in [0.5, 0.6) is 5.75 Å². The van der Waals surface area contributed by atoms with E-state index >= 15 is 0 Å². The van der Waals surface area contributed by atoms with Gasteiger partial charge in [0.25, 0.3) is 0 Å². The lowest BCUT2D eigenvalue weighted by atomic mass is 9.98. The summed E-state index contributed by atoms with van der Waals surface area (Å²) in [6.07, 6.45) is 1.77. The van der Waals surface area contributed by atoms with Crippen LogP contribution in [-0.2, 0) is 14.4 Å². The zero-order valence-electron chi connectivity index (χ0n) is 9.48. The molecule has 0 saturated carbocycles. The van der Waals surface area contributed by atoms with Gasteiger partial charge < -0.3 is 20.4 Å². The molecule has 100 valence electrons. The monoisotopic (exact) mass is 266 g/mol. The lowest BCUT2D eigenvalue weighted by Crippen LogP contribution is -2.52. The molecule has 0 saturated heterocycles. The van der Waals surface area contributed by atoms with Gasteiger partial charge in [-0.3, -0.25) is 4.79 Å². The third-order valence-corrected chi connectivity index (χ3v) is 2.30. The summed E-state index contributed by atoms with van der Waals surface area (Å²) < 4.78 is 0. The van der Waals surface area contributed by atoms with E-state index in [1.165, 1.54) is 24.3 Å². The van der Waals surface area contributed by atoms with E-state index in [0.29, 0.717) is 11.6 Å². The maximum Gasteiger partial charge on any atom is 0.356 e. The first-order valence-electron chi connectivity index (χ1n) is 4.99. The fraction of sp³-hybridized carbons (Fsp3) is 0.0833. The van der Waals surface area contributed by atoms with Crippen molar-refractivity contribution in [2.45, 2.75) is 5.60 Å². The second-order valence-electron chi connectivity index (χ2n) is 3.61. The quantitative estimate of drug-likeness (QED) is 0.431. The summed E-state index contributed by atoms with van der Waals surface area (Å²) in [6, 6.07) is 5.48. The molecule has 0 spiro atoms. The zero-order valence-corrected chi connectivity index (χ0v) is 9.48. The maximum absolute atomic E-state index is 11.4. The number of phenolic OH excluding ortho intramolecular Hbond substituents is 1. The molecule has 7 heteroatoms. The Hall–Kier alpha value is -2.67. The van der Waals surface area contributed by atoms with Gasteiger partial charge in [0, 0.05) is 0 Å². The number of hydrogen-bond donors (Lipinski definition) is 4. The number of aliphatic hydroxyl groups is 1. The van der Waals surface area contributed by atoms with Crippen LogP contribution in [0.1, 0.15) is 5.56 Å². The molecular formula is C12H10O7. The average Bonchev–Trinajstić information content (AvgIpc) is 2.36. The van der Waals surface area contributed by atoms with Gasteiger partial charge in [-0.25, -0.2) is 9.59 Å². The number of aliphatic carboxylic acids is 2. The van der Waals surface area contributed by atoms with Crippen molar-refractivity contribution < 1.29 is 34.8 Å². The van der Waals surface area contributed by atoms with Gasteiger partial charge in [0.05, 0.1) is 0 Å². The van der Waals surface area contributed by atoms with Crippen LogP contribution in [0.3, 0.4) is 0 Å². The van der Waals surface area contributed by atoms with E-state index in [1.807, 2.05) is 0 Å². The Balaban J connectivity index is 2.98. The molecule has 0 amide bonds. The number of rotatable bonds is 5. The molecule has 0 heterocycles. The van der Waals surface area contributed by atoms with Crippen LogP contribution in [0, 0.1) is 0 Å². The van der Waals surface area contributed by atoms with Gasteiger partial charge in [-0.2, -0.15) is 0 Å². The van der Waals surface area contributed by atoms with Gasteiger partial charge in [-0.05, 0) is 23.8 Å². The van der Waals surface area contributed by atoms with E-state index in [4.69, 9.17) is 15.3 Å². The number of phenols is 1. The highest BCUT2D eigenvalue weighted by atomic mass is 16.5. The van der Waals surface area contributed by atoms with Crippen molar-refractivity contribution in [1.29, 1.82) is 0 Å². The minimum atomic E-state index is -3.51. The molecular weight excluding hydrogens is 256 g/mol. The van der Waals surface area contributed by atoms with Crippen molar-refractivity contribution in [1.82, 2.24) is 0 Å². The molecule has 0 fully saturated rings. The largest absolute Gasteiger partial charge is 0.508 e. The predicted octanol–water partition coefficient (Wildman–Crippen LogP) is -0.125. The molecule has 19 heavy (non-hydrogen) atoms. The average molecular weight is 266 g/mol. The Morgan fingerprint density at radius 2 is 1.47 bits per heavy atom. The highest BCUT2D eigenvalue weighted by Gasteiger charge is 2.51. The molecule has 0 radical (unpaired) electrons. The minimum Gasteiger partial charge on any atom is -0.508 e. The molecule has 7 nitrogen and oxygen atoms in total. The van der Waals surface area contributed by atoms with Crippen LogP contribution in [0.15, 0.2) is 30.3 Å². The Morgan fingerprint density at radius 3 is 1.89 bits per heavy atom. The molecule has 0 aromatic heterocycles. The van der Waals surface area contributed by atoms with Crippen LogP contribution in [0.4, 0.5) is 0 Å². The number of carboxylic acid groups (broad SMARTS) is 2. The highest BCUT2D eigenvalue weighted by Crippen LogP contribution is 2.13. The van der Waals surface area contributed by atoms with E-state index in [9.17, 15) is 19.5 Å². The first-order valence-corrected chi connectivity index (χ1v) is 4.99. The van der Waals surface area contributed by atoms with Crippen molar-refractivity contribution in [2.75, 3.05) is 0 Å². The predicted molar refractivity (Wildman–Crippen MR) is 62.4 cm³/mol. The van der Waals surface area contributed by atoms with E-state index in [-0.39, 0.29) is 5.75 Å². The number of benzene rings is 1. The van der Waals surface area contributed by atoms with Crippen molar-refractivity contribution in [2.24, 2.45) is 0 Å². The summed E-state index contributed by atoms with van der Waals surface area (Å²) in [7, 11) is 0. The van der Waals surface area contributed by atoms with E-state index in [1.54, 1.807) is 0 Å². The molecule has 1 aromatic rings. The minimum absolute atomic E-state index is 0.00365. The number of ketones is 1. The van der Waals surface area contributed by atoms with Crippen LogP contribution in [-0.4, -0.2) is 43.7 Å². The number of carboxylic acids is 2. The molecule has 0 aliphatic carbocycles. The number of carbonyl (C=O) groups is 3. The first kappa shape index (κ1) is 14.4. The summed E-state index contributed by atoms with van der Waals surface area (Å²) >= 11 is 0. The SMILES string of the molecule is O=C(O)C(O)(C(=O)O)C(=O)C=Cc1ccc(O)cc1. The van der Waals surface area contributed by atoms with Gasteiger partial charge in [-0.15, -0.1) is 0 Å². The molecule has 0 aliphatic heterocycles. The summed E-state index contributed by atoms with van der Waals surface area (Å²) in [6.45, 7) is 0. The number of aromatic hydroxyl groups is 1. The maximum atomic E-state index is 11.4. The van der Waals surface area contributed by atoms with E-state index in [2.05, 4.69) is 0 Å². The van der Waals surface area contributed by atoms with Crippen LogP contribution >= 0.6 is 0 Å². The van der Waals surface area contributed by atoms with Crippen LogP contribution in [0.2, 0.25) is 0 Å². The Bertz CT molecular complexity index is 528. The lowest BCUT2D eigenvalue weighted by Gasteiger charge is -2.14. The standard InChI is InChI=1S/C12H10O7/c13-8-4-1-7(2-5-8)3-6-9(14)12(19,10(15)16)11(17)18/h1-6,13,19H,(H,15,16)(H,17,18). The summed E-state index contributed by atoms with van der Waals surface area (Å²) in [4.78, 5) is 32.7. The Kier molecular flexibility index (Phi) is 4.03. The normalized spacial score (nSPS) is 11.4. The van der Waals surface area contributed by atoms with E-state index in [0.717, 1.165) is 6.08 Å². The van der Waals surface area contributed by atoms with Gasteiger partial charge in [-0.1, -0.05) is 18.2 Å². The molecule has 1 rings (SSSR count). The topological polar surface area (TPSA) is 132 Å². The second-order valence-corrected chi connectivity index (χ2v) is 3.61. The smallest absolute Gasteiger partial charge is 0.356 e.